The minimum atomic E-state index is 0.339. The Balaban J connectivity index is 2.29. The second-order valence-corrected chi connectivity index (χ2v) is 3.14. The van der Waals surface area contributed by atoms with Gasteiger partial charge >= 0.3 is 0 Å². The number of aryl methyl sites for hydroxylation is 1. The second kappa shape index (κ2) is 4.36. The van der Waals surface area contributed by atoms with Crippen molar-refractivity contribution in [2.75, 3.05) is 5.32 Å². The van der Waals surface area contributed by atoms with Gasteiger partial charge in [-0.25, -0.2) is 15.0 Å². The Morgan fingerprint density at radius 1 is 1.25 bits per heavy atom. The van der Waals surface area contributed by atoms with E-state index in [1.807, 2.05) is 24.3 Å². The topological polar surface area (TPSA) is 74.5 Å². The van der Waals surface area contributed by atoms with Gasteiger partial charge in [0.25, 0.3) is 0 Å². The van der Waals surface area contributed by atoms with Crippen LogP contribution in [0.4, 0.5) is 11.6 Å². The number of hydrogen-bond donors (Lipinski definition) is 1. The average Bonchev–Trinajstić information content (AvgIpc) is 2.29. The molecule has 0 spiro atoms. The molecule has 0 saturated carbocycles. The molecule has 0 unspecified atom stereocenters. The summed E-state index contributed by atoms with van der Waals surface area (Å²) in [5.41, 5.74) is 0.339. The normalized spacial score (nSPS) is 9.50. The molecule has 5 heteroatoms. The molecule has 0 bridgehead atoms. The van der Waals surface area contributed by atoms with Crippen molar-refractivity contribution in [3.05, 3.63) is 42.0 Å². The zero-order chi connectivity index (χ0) is 11.4. The summed E-state index contributed by atoms with van der Waals surface area (Å²) in [5, 5.41) is 11.8. The molecule has 0 fully saturated rings. The van der Waals surface area contributed by atoms with Crippen molar-refractivity contribution in [1.29, 1.82) is 5.26 Å². The summed E-state index contributed by atoms with van der Waals surface area (Å²) in [6.07, 6.45) is 1.68. The van der Waals surface area contributed by atoms with Crippen molar-refractivity contribution in [2.45, 2.75) is 6.92 Å². The van der Waals surface area contributed by atoms with E-state index in [0.717, 1.165) is 0 Å². The van der Waals surface area contributed by atoms with Gasteiger partial charge in [-0.1, -0.05) is 6.07 Å². The van der Waals surface area contributed by atoms with Gasteiger partial charge in [0, 0.05) is 12.3 Å². The van der Waals surface area contributed by atoms with E-state index in [-0.39, 0.29) is 0 Å². The lowest BCUT2D eigenvalue weighted by molar-refractivity contribution is 1.04. The van der Waals surface area contributed by atoms with E-state index in [2.05, 4.69) is 20.3 Å². The first-order valence-electron chi connectivity index (χ1n) is 4.72. The molecular formula is C11H9N5. The van der Waals surface area contributed by atoms with E-state index in [1.165, 1.54) is 0 Å². The number of nitrogens with one attached hydrogen (secondary N) is 1. The van der Waals surface area contributed by atoms with Gasteiger partial charge < -0.3 is 5.32 Å². The lowest BCUT2D eigenvalue weighted by atomic mass is 10.4. The molecule has 2 heterocycles. The van der Waals surface area contributed by atoms with Crippen LogP contribution in [0.2, 0.25) is 0 Å². The molecule has 0 amide bonds. The Morgan fingerprint density at radius 2 is 2.12 bits per heavy atom. The van der Waals surface area contributed by atoms with Gasteiger partial charge in [-0.15, -0.1) is 0 Å². The molecule has 0 aliphatic rings. The highest BCUT2D eigenvalue weighted by molar-refractivity contribution is 5.52. The van der Waals surface area contributed by atoms with Gasteiger partial charge in [0.05, 0.1) is 0 Å². The number of hydrogen-bond acceptors (Lipinski definition) is 5. The van der Waals surface area contributed by atoms with Crippen molar-refractivity contribution >= 4 is 11.6 Å². The molecule has 2 aromatic heterocycles. The molecule has 16 heavy (non-hydrogen) atoms. The summed E-state index contributed by atoms with van der Waals surface area (Å²) >= 11 is 0. The first-order valence-corrected chi connectivity index (χ1v) is 4.72. The monoisotopic (exact) mass is 211 g/mol. The maximum absolute atomic E-state index is 8.77. The van der Waals surface area contributed by atoms with Gasteiger partial charge in [-0.2, -0.15) is 5.26 Å². The number of aromatic nitrogens is 3. The SMILES string of the molecule is Cc1nc(C#N)cc(Nc2ccccn2)n1. The van der Waals surface area contributed by atoms with Gasteiger partial charge in [0.1, 0.15) is 29.2 Å². The van der Waals surface area contributed by atoms with E-state index >= 15 is 0 Å². The molecule has 2 aromatic rings. The highest BCUT2D eigenvalue weighted by Gasteiger charge is 2.01. The summed E-state index contributed by atoms with van der Waals surface area (Å²) in [5.74, 6) is 1.81. The van der Waals surface area contributed by atoms with Gasteiger partial charge in [0.2, 0.25) is 0 Å². The fourth-order valence-corrected chi connectivity index (χ4v) is 1.26. The minimum Gasteiger partial charge on any atom is -0.325 e. The molecule has 0 atom stereocenters. The molecule has 0 radical (unpaired) electrons. The molecule has 78 valence electrons. The van der Waals surface area contributed by atoms with Crippen molar-refractivity contribution in [2.24, 2.45) is 0 Å². The predicted octanol–water partition coefficient (Wildman–Crippen LogP) is 1.80. The van der Waals surface area contributed by atoms with E-state index in [0.29, 0.717) is 23.2 Å². The van der Waals surface area contributed by atoms with E-state index < -0.39 is 0 Å². The van der Waals surface area contributed by atoms with Gasteiger partial charge in [-0.05, 0) is 19.1 Å². The zero-order valence-electron chi connectivity index (χ0n) is 8.68. The molecule has 0 aliphatic carbocycles. The Kier molecular flexibility index (Phi) is 2.74. The molecule has 0 aromatic carbocycles. The Morgan fingerprint density at radius 3 is 2.81 bits per heavy atom. The maximum atomic E-state index is 8.77. The molecule has 0 aliphatic heterocycles. The first kappa shape index (κ1) is 10.1. The van der Waals surface area contributed by atoms with Crippen molar-refractivity contribution in [3.8, 4) is 6.07 Å². The van der Waals surface area contributed by atoms with Crippen LogP contribution in [0.15, 0.2) is 30.5 Å². The summed E-state index contributed by atoms with van der Waals surface area (Å²) in [6.45, 7) is 1.74. The summed E-state index contributed by atoms with van der Waals surface area (Å²) < 4.78 is 0. The maximum Gasteiger partial charge on any atom is 0.146 e. The Labute approximate surface area is 92.8 Å². The smallest absolute Gasteiger partial charge is 0.146 e. The van der Waals surface area contributed by atoms with Crippen LogP contribution in [0, 0.1) is 18.3 Å². The van der Waals surface area contributed by atoms with Crippen molar-refractivity contribution < 1.29 is 0 Å². The van der Waals surface area contributed by atoms with Crippen LogP contribution in [-0.2, 0) is 0 Å². The summed E-state index contributed by atoms with van der Waals surface area (Å²) in [4.78, 5) is 12.2. The van der Waals surface area contributed by atoms with Crippen molar-refractivity contribution in [1.82, 2.24) is 15.0 Å². The third-order valence-electron chi connectivity index (χ3n) is 1.87. The number of rotatable bonds is 2. The Bertz CT molecular complexity index is 530. The van der Waals surface area contributed by atoms with Crippen LogP contribution < -0.4 is 5.32 Å². The first-order chi connectivity index (χ1) is 7.78. The number of pyridine rings is 1. The third-order valence-corrected chi connectivity index (χ3v) is 1.87. The average molecular weight is 211 g/mol. The lowest BCUT2D eigenvalue weighted by Crippen LogP contribution is -1.99. The second-order valence-electron chi connectivity index (χ2n) is 3.14. The van der Waals surface area contributed by atoms with Crippen LogP contribution in [0.5, 0.6) is 0 Å². The third kappa shape index (κ3) is 2.30. The highest BCUT2D eigenvalue weighted by atomic mass is 15.1. The fourth-order valence-electron chi connectivity index (χ4n) is 1.26. The predicted molar refractivity (Wildman–Crippen MR) is 59.0 cm³/mol. The van der Waals surface area contributed by atoms with Crippen LogP contribution in [0.3, 0.4) is 0 Å². The van der Waals surface area contributed by atoms with Crippen LogP contribution in [0.1, 0.15) is 11.5 Å². The van der Waals surface area contributed by atoms with Gasteiger partial charge in [0.15, 0.2) is 0 Å². The van der Waals surface area contributed by atoms with E-state index in [1.54, 1.807) is 19.2 Å². The summed E-state index contributed by atoms with van der Waals surface area (Å²) in [6, 6.07) is 9.09. The molecular weight excluding hydrogens is 202 g/mol. The number of nitriles is 1. The van der Waals surface area contributed by atoms with Crippen LogP contribution >= 0.6 is 0 Å². The minimum absolute atomic E-state index is 0.339. The molecule has 5 nitrogen and oxygen atoms in total. The van der Waals surface area contributed by atoms with E-state index in [4.69, 9.17) is 5.26 Å². The zero-order valence-corrected chi connectivity index (χ0v) is 8.68. The molecule has 1 N–H and O–H groups in total. The van der Waals surface area contributed by atoms with E-state index in [9.17, 15) is 0 Å². The van der Waals surface area contributed by atoms with Crippen molar-refractivity contribution in [3.63, 3.8) is 0 Å². The quantitative estimate of drug-likeness (QED) is 0.819. The molecule has 2 rings (SSSR count). The van der Waals surface area contributed by atoms with Crippen LogP contribution in [0.25, 0.3) is 0 Å². The highest BCUT2D eigenvalue weighted by Crippen LogP contribution is 2.11. The fraction of sp³-hybridized carbons (Fsp3) is 0.0909. The lowest BCUT2D eigenvalue weighted by Gasteiger charge is -2.04. The Hall–Kier alpha value is -2.48. The van der Waals surface area contributed by atoms with Gasteiger partial charge in [-0.3, -0.25) is 0 Å². The molecule has 0 saturated heterocycles. The largest absolute Gasteiger partial charge is 0.325 e. The summed E-state index contributed by atoms with van der Waals surface area (Å²) in [7, 11) is 0. The van der Waals surface area contributed by atoms with Crippen LogP contribution in [-0.4, -0.2) is 15.0 Å². The number of anilines is 2. The standard InChI is InChI=1S/C11H9N5/c1-8-14-9(7-12)6-11(15-8)16-10-4-2-3-5-13-10/h2-6H,1H3,(H,13,14,15,16). The number of nitrogens with zero attached hydrogens (tertiary/aromatic N) is 4.